The van der Waals surface area contributed by atoms with Gasteiger partial charge in [-0.2, -0.15) is 5.26 Å². The van der Waals surface area contributed by atoms with Crippen LogP contribution < -0.4 is 4.90 Å². The molecule has 0 amide bonds. The third kappa shape index (κ3) is 2.39. The zero-order valence-corrected chi connectivity index (χ0v) is 11.2. The third-order valence-corrected chi connectivity index (χ3v) is 3.84. The topological polar surface area (TPSA) is 58.4 Å². The SMILES string of the molecule is N#Cc1cnc(N2CCOC3(CCOC3)C2)c(Cl)c1. The van der Waals surface area contributed by atoms with Crippen molar-refractivity contribution in [3.05, 3.63) is 22.8 Å². The molecule has 0 N–H and O–H groups in total. The molecule has 2 saturated heterocycles. The largest absolute Gasteiger partial charge is 0.378 e. The second kappa shape index (κ2) is 4.97. The molecule has 1 unspecified atom stereocenters. The Balaban J connectivity index is 1.84. The molecule has 0 aliphatic carbocycles. The van der Waals surface area contributed by atoms with Crippen molar-refractivity contribution < 1.29 is 9.47 Å². The number of hydrogen-bond acceptors (Lipinski definition) is 5. The summed E-state index contributed by atoms with van der Waals surface area (Å²) < 4.78 is 11.3. The molecule has 1 spiro atoms. The molecule has 1 aromatic heterocycles. The average molecular weight is 280 g/mol. The molecule has 1 aromatic rings. The number of rotatable bonds is 1. The van der Waals surface area contributed by atoms with Gasteiger partial charge in [0.05, 0.1) is 30.3 Å². The summed E-state index contributed by atoms with van der Waals surface area (Å²) >= 11 is 6.21. The van der Waals surface area contributed by atoms with Gasteiger partial charge in [-0.15, -0.1) is 0 Å². The summed E-state index contributed by atoms with van der Waals surface area (Å²) in [6, 6.07) is 3.69. The van der Waals surface area contributed by atoms with Crippen molar-refractivity contribution in [1.82, 2.24) is 4.98 Å². The Kier molecular flexibility index (Phi) is 3.31. The van der Waals surface area contributed by atoms with E-state index in [4.69, 9.17) is 26.3 Å². The van der Waals surface area contributed by atoms with Crippen LogP contribution in [0.4, 0.5) is 5.82 Å². The van der Waals surface area contributed by atoms with Crippen molar-refractivity contribution in [2.75, 3.05) is 37.8 Å². The van der Waals surface area contributed by atoms with Crippen LogP contribution in [0.25, 0.3) is 0 Å². The highest BCUT2D eigenvalue weighted by Crippen LogP contribution is 2.32. The first-order chi connectivity index (χ1) is 9.22. The Morgan fingerprint density at radius 3 is 3.05 bits per heavy atom. The lowest BCUT2D eigenvalue weighted by molar-refractivity contribution is -0.0581. The van der Waals surface area contributed by atoms with Crippen LogP contribution in [0.15, 0.2) is 12.3 Å². The van der Waals surface area contributed by atoms with Gasteiger partial charge < -0.3 is 14.4 Å². The molecule has 3 heterocycles. The number of morpholine rings is 1. The van der Waals surface area contributed by atoms with Crippen molar-refractivity contribution in [1.29, 1.82) is 5.26 Å². The second-order valence-corrected chi connectivity index (χ2v) is 5.30. The highest BCUT2D eigenvalue weighted by atomic mass is 35.5. The first-order valence-electron chi connectivity index (χ1n) is 6.25. The summed E-state index contributed by atoms with van der Waals surface area (Å²) in [5, 5.41) is 9.34. The van der Waals surface area contributed by atoms with Gasteiger partial charge in [0.15, 0.2) is 0 Å². The lowest BCUT2D eigenvalue weighted by atomic mass is 10.0. The van der Waals surface area contributed by atoms with Gasteiger partial charge in [-0.05, 0) is 6.07 Å². The lowest BCUT2D eigenvalue weighted by Crippen LogP contribution is -2.52. The molecule has 0 radical (unpaired) electrons. The van der Waals surface area contributed by atoms with Crippen LogP contribution in [0.5, 0.6) is 0 Å². The van der Waals surface area contributed by atoms with E-state index < -0.39 is 0 Å². The summed E-state index contributed by atoms with van der Waals surface area (Å²) in [6.07, 6.45) is 2.45. The normalized spacial score (nSPS) is 26.6. The number of anilines is 1. The Labute approximate surface area is 116 Å². The third-order valence-electron chi connectivity index (χ3n) is 3.57. The fraction of sp³-hybridized carbons (Fsp3) is 0.538. The van der Waals surface area contributed by atoms with Crippen molar-refractivity contribution in [3.8, 4) is 6.07 Å². The summed E-state index contributed by atoms with van der Waals surface area (Å²) in [4.78, 5) is 6.42. The maximum Gasteiger partial charge on any atom is 0.147 e. The number of aromatic nitrogens is 1. The summed E-state index contributed by atoms with van der Waals surface area (Å²) in [5.41, 5.74) is 0.248. The average Bonchev–Trinajstić information content (AvgIpc) is 2.86. The van der Waals surface area contributed by atoms with E-state index in [0.717, 1.165) is 31.9 Å². The van der Waals surface area contributed by atoms with Crippen LogP contribution in [0.3, 0.4) is 0 Å². The Bertz CT molecular complexity index is 523. The van der Waals surface area contributed by atoms with E-state index in [9.17, 15) is 0 Å². The Morgan fingerprint density at radius 1 is 1.47 bits per heavy atom. The summed E-state index contributed by atoms with van der Waals surface area (Å²) in [7, 11) is 0. The molecule has 19 heavy (non-hydrogen) atoms. The van der Waals surface area contributed by atoms with Gasteiger partial charge in [-0.3, -0.25) is 0 Å². The van der Waals surface area contributed by atoms with E-state index in [1.807, 2.05) is 6.07 Å². The van der Waals surface area contributed by atoms with Gasteiger partial charge >= 0.3 is 0 Å². The monoisotopic (exact) mass is 279 g/mol. The second-order valence-electron chi connectivity index (χ2n) is 4.90. The zero-order chi connectivity index (χ0) is 13.3. The predicted octanol–water partition coefficient (Wildman–Crippen LogP) is 1.60. The van der Waals surface area contributed by atoms with Gasteiger partial charge in [0.2, 0.25) is 0 Å². The number of ether oxygens (including phenoxy) is 2. The maximum absolute atomic E-state index is 8.83. The minimum atomic E-state index is -0.225. The standard InChI is InChI=1S/C13H14ClN3O2/c14-11-5-10(6-15)7-16-12(11)17-2-4-19-13(8-17)1-3-18-9-13/h5,7H,1-4,8-9H2. The molecule has 100 valence electrons. The number of pyridine rings is 1. The van der Waals surface area contributed by atoms with Crippen LogP contribution in [0.2, 0.25) is 5.02 Å². The van der Waals surface area contributed by atoms with E-state index in [1.165, 1.54) is 0 Å². The number of halogens is 1. The van der Waals surface area contributed by atoms with E-state index in [2.05, 4.69) is 9.88 Å². The number of nitrogens with zero attached hydrogens (tertiary/aromatic N) is 3. The van der Waals surface area contributed by atoms with Crippen LogP contribution in [-0.2, 0) is 9.47 Å². The van der Waals surface area contributed by atoms with Crippen LogP contribution >= 0.6 is 11.6 Å². The Morgan fingerprint density at radius 2 is 2.37 bits per heavy atom. The number of hydrogen-bond donors (Lipinski definition) is 0. The zero-order valence-electron chi connectivity index (χ0n) is 10.4. The fourth-order valence-electron chi connectivity index (χ4n) is 2.58. The van der Waals surface area contributed by atoms with Crippen molar-refractivity contribution in [3.63, 3.8) is 0 Å². The van der Waals surface area contributed by atoms with Crippen LogP contribution in [0.1, 0.15) is 12.0 Å². The minimum Gasteiger partial charge on any atom is -0.378 e. The molecule has 1 atom stereocenters. The summed E-state index contributed by atoms with van der Waals surface area (Å²) in [6.45, 7) is 3.48. The molecule has 2 aliphatic heterocycles. The maximum atomic E-state index is 8.83. The minimum absolute atomic E-state index is 0.225. The molecular weight excluding hydrogens is 266 g/mol. The molecule has 2 fully saturated rings. The van der Waals surface area contributed by atoms with Gasteiger partial charge in [0.1, 0.15) is 17.5 Å². The molecular formula is C13H14ClN3O2. The van der Waals surface area contributed by atoms with Crippen molar-refractivity contribution in [2.45, 2.75) is 12.0 Å². The van der Waals surface area contributed by atoms with Crippen LogP contribution in [0, 0.1) is 11.3 Å². The molecule has 0 aromatic carbocycles. The molecule has 6 heteroatoms. The van der Waals surface area contributed by atoms with Gasteiger partial charge in [-0.25, -0.2) is 4.98 Å². The lowest BCUT2D eigenvalue weighted by Gasteiger charge is -2.40. The van der Waals surface area contributed by atoms with Crippen molar-refractivity contribution in [2.24, 2.45) is 0 Å². The fourth-order valence-corrected chi connectivity index (χ4v) is 2.86. The van der Waals surface area contributed by atoms with E-state index in [-0.39, 0.29) is 5.60 Å². The van der Waals surface area contributed by atoms with Crippen LogP contribution in [-0.4, -0.2) is 43.5 Å². The van der Waals surface area contributed by atoms with E-state index in [1.54, 1.807) is 12.3 Å². The van der Waals surface area contributed by atoms with E-state index >= 15 is 0 Å². The Hall–Kier alpha value is -1.35. The molecule has 0 bridgehead atoms. The quantitative estimate of drug-likeness (QED) is 0.781. The summed E-state index contributed by atoms with van der Waals surface area (Å²) in [5.74, 6) is 0.718. The van der Waals surface area contributed by atoms with Gasteiger partial charge in [-0.1, -0.05) is 11.6 Å². The van der Waals surface area contributed by atoms with E-state index in [0.29, 0.717) is 23.8 Å². The van der Waals surface area contributed by atoms with Gasteiger partial charge in [0.25, 0.3) is 0 Å². The molecule has 3 rings (SSSR count). The molecule has 2 aliphatic rings. The number of nitriles is 1. The van der Waals surface area contributed by atoms with Crippen molar-refractivity contribution >= 4 is 17.4 Å². The smallest absolute Gasteiger partial charge is 0.147 e. The first-order valence-corrected chi connectivity index (χ1v) is 6.63. The first kappa shape index (κ1) is 12.7. The highest BCUT2D eigenvalue weighted by Gasteiger charge is 2.41. The predicted molar refractivity (Wildman–Crippen MR) is 70.3 cm³/mol. The highest BCUT2D eigenvalue weighted by molar-refractivity contribution is 6.33. The molecule has 0 saturated carbocycles. The van der Waals surface area contributed by atoms with Gasteiger partial charge in [0, 0.05) is 25.8 Å². The molecule has 5 nitrogen and oxygen atoms in total.